The maximum absolute atomic E-state index is 13.2. The molecular formula is C15H21F2N. The maximum Gasteiger partial charge on any atom is 0.126 e. The van der Waals surface area contributed by atoms with Crippen LogP contribution in [0.25, 0.3) is 0 Å². The standard InChI is InChI=1S/C15H21F2N/c1-10(11-6-12(16)8-13(17)7-11)18-14-4-5-15(2,3)9-14/h6-8,10,14,18H,4-5,9H2,1-3H3. The quantitative estimate of drug-likeness (QED) is 0.851. The van der Waals surface area contributed by atoms with E-state index in [2.05, 4.69) is 19.2 Å². The molecule has 0 aromatic heterocycles. The van der Waals surface area contributed by atoms with Crippen molar-refractivity contribution in [1.29, 1.82) is 0 Å². The largest absolute Gasteiger partial charge is 0.307 e. The van der Waals surface area contributed by atoms with Crippen LogP contribution in [0.4, 0.5) is 8.78 Å². The second kappa shape index (κ2) is 4.96. The first-order valence-electron chi connectivity index (χ1n) is 6.58. The van der Waals surface area contributed by atoms with Crippen LogP contribution in [-0.2, 0) is 0 Å². The number of halogens is 2. The topological polar surface area (TPSA) is 12.0 Å². The Labute approximate surface area is 108 Å². The van der Waals surface area contributed by atoms with Crippen LogP contribution in [0.3, 0.4) is 0 Å². The molecule has 18 heavy (non-hydrogen) atoms. The van der Waals surface area contributed by atoms with Gasteiger partial charge in [0.1, 0.15) is 11.6 Å². The summed E-state index contributed by atoms with van der Waals surface area (Å²) in [4.78, 5) is 0. The third-order valence-electron chi connectivity index (χ3n) is 3.84. The van der Waals surface area contributed by atoms with Crippen LogP contribution in [0.5, 0.6) is 0 Å². The lowest BCUT2D eigenvalue weighted by molar-refractivity contribution is 0.356. The lowest BCUT2D eigenvalue weighted by atomic mass is 9.91. The molecule has 1 saturated carbocycles. The SMILES string of the molecule is CC(NC1CCC(C)(C)C1)c1cc(F)cc(F)c1. The zero-order chi connectivity index (χ0) is 13.3. The summed E-state index contributed by atoms with van der Waals surface area (Å²) < 4.78 is 26.3. The van der Waals surface area contributed by atoms with E-state index in [1.165, 1.54) is 18.6 Å². The average Bonchev–Trinajstić information content (AvgIpc) is 2.56. The van der Waals surface area contributed by atoms with Crippen molar-refractivity contribution in [3.05, 3.63) is 35.4 Å². The van der Waals surface area contributed by atoms with Crippen LogP contribution in [0.1, 0.15) is 51.6 Å². The fourth-order valence-corrected chi connectivity index (χ4v) is 2.85. The van der Waals surface area contributed by atoms with Crippen LogP contribution in [-0.4, -0.2) is 6.04 Å². The van der Waals surface area contributed by atoms with Crippen LogP contribution in [0.2, 0.25) is 0 Å². The Balaban J connectivity index is 2.01. The highest BCUT2D eigenvalue weighted by Gasteiger charge is 2.31. The summed E-state index contributed by atoms with van der Waals surface area (Å²) in [6.45, 7) is 6.49. The van der Waals surface area contributed by atoms with Crippen molar-refractivity contribution in [1.82, 2.24) is 5.32 Å². The number of nitrogens with one attached hydrogen (secondary N) is 1. The molecule has 2 rings (SSSR count). The van der Waals surface area contributed by atoms with Gasteiger partial charge >= 0.3 is 0 Å². The Kier molecular flexibility index (Phi) is 3.71. The third kappa shape index (κ3) is 3.29. The Bertz CT molecular complexity index is 408. The second-order valence-corrected chi connectivity index (χ2v) is 6.20. The van der Waals surface area contributed by atoms with Crippen LogP contribution in [0.15, 0.2) is 18.2 Å². The molecule has 0 radical (unpaired) electrons. The van der Waals surface area contributed by atoms with E-state index in [9.17, 15) is 8.78 Å². The van der Waals surface area contributed by atoms with E-state index >= 15 is 0 Å². The van der Waals surface area contributed by atoms with Crippen molar-refractivity contribution in [2.24, 2.45) is 5.41 Å². The normalized spacial score (nSPS) is 24.2. The monoisotopic (exact) mass is 253 g/mol. The van der Waals surface area contributed by atoms with Gasteiger partial charge in [-0.25, -0.2) is 8.78 Å². The Morgan fingerprint density at radius 3 is 2.33 bits per heavy atom. The van der Waals surface area contributed by atoms with Gasteiger partial charge in [0.25, 0.3) is 0 Å². The van der Waals surface area contributed by atoms with Gasteiger partial charge in [-0.2, -0.15) is 0 Å². The highest BCUT2D eigenvalue weighted by atomic mass is 19.1. The fraction of sp³-hybridized carbons (Fsp3) is 0.600. The summed E-state index contributed by atoms with van der Waals surface area (Å²) in [5.74, 6) is -1.02. The first kappa shape index (κ1) is 13.5. The lowest BCUT2D eigenvalue weighted by Gasteiger charge is -2.22. The molecule has 2 atom stereocenters. The van der Waals surface area contributed by atoms with Crippen molar-refractivity contribution in [3.63, 3.8) is 0 Å². The molecule has 0 saturated heterocycles. The molecule has 1 N–H and O–H groups in total. The highest BCUT2D eigenvalue weighted by molar-refractivity contribution is 5.21. The van der Waals surface area contributed by atoms with Gasteiger partial charge < -0.3 is 5.32 Å². The van der Waals surface area contributed by atoms with Gasteiger partial charge in [-0.1, -0.05) is 13.8 Å². The van der Waals surface area contributed by atoms with Gasteiger partial charge in [-0.15, -0.1) is 0 Å². The Hall–Kier alpha value is -0.960. The summed E-state index contributed by atoms with van der Waals surface area (Å²) in [5.41, 5.74) is 1.06. The fourth-order valence-electron chi connectivity index (χ4n) is 2.85. The van der Waals surface area contributed by atoms with Gasteiger partial charge in [0.15, 0.2) is 0 Å². The van der Waals surface area contributed by atoms with Crippen molar-refractivity contribution in [2.75, 3.05) is 0 Å². The molecule has 2 unspecified atom stereocenters. The minimum absolute atomic E-state index is 0.0194. The van der Waals surface area contributed by atoms with Gasteiger partial charge in [-0.05, 0) is 49.3 Å². The van der Waals surface area contributed by atoms with Crippen molar-refractivity contribution >= 4 is 0 Å². The molecule has 1 aliphatic rings. The van der Waals surface area contributed by atoms with E-state index in [4.69, 9.17) is 0 Å². The third-order valence-corrected chi connectivity index (χ3v) is 3.84. The molecule has 1 aromatic carbocycles. The van der Waals surface area contributed by atoms with E-state index in [0.29, 0.717) is 17.0 Å². The molecule has 0 heterocycles. The molecule has 1 nitrogen and oxygen atoms in total. The summed E-state index contributed by atoms with van der Waals surface area (Å²) in [6, 6.07) is 4.15. The zero-order valence-corrected chi connectivity index (χ0v) is 11.3. The molecule has 1 fully saturated rings. The van der Waals surface area contributed by atoms with Gasteiger partial charge in [0, 0.05) is 18.2 Å². The van der Waals surface area contributed by atoms with Crippen molar-refractivity contribution in [3.8, 4) is 0 Å². The molecule has 1 aliphatic carbocycles. The minimum atomic E-state index is -0.509. The van der Waals surface area contributed by atoms with Crippen molar-refractivity contribution in [2.45, 2.75) is 52.1 Å². The second-order valence-electron chi connectivity index (χ2n) is 6.20. The molecule has 1 aromatic rings. The zero-order valence-electron chi connectivity index (χ0n) is 11.3. The molecule has 0 bridgehead atoms. The predicted molar refractivity (Wildman–Crippen MR) is 69.3 cm³/mol. The molecule has 0 amide bonds. The maximum atomic E-state index is 13.2. The summed E-state index contributed by atoms with van der Waals surface area (Å²) >= 11 is 0. The molecular weight excluding hydrogens is 232 g/mol. The molecule has 0 spiro atoms. The predicted octanol–water partition coefficient (Wildman–Crippen LogP) is 4.19. The number of hydrogen-bond acceptors (Lipinski definition) is 1. The van der Waals surface area contributed by atoms with E-state index in [0.717, 1.165) is 18.9 Å². The summed E-state index contributed by atoms with van der Waals surface area (Å²) in [6.07, 6.45) is 3.46. The first-order valence-corrected chi connectivity index (χ1v) is 6.58. The van der Waals surface area contributed by atoms with E-state index < -0.39 is 11.6 Å². The number of rotatable bonds is 3. The Morgan fingerprint density at radius 2 is 1.83 bits per heavy atom. The van der Waals surface area contributed by atoms with E-state index in [1.807, 2.05) is 6.92 Å². The molecule has 0 aliphatic heterocycles. The first-order chi connectivity index (χ1) is 8.35. The minimum Gasteiger partial charge on any atom is -0.307 e. The van der Waals surface area contributed by atoms with Crippen LogP contribution < -0.4 is 5.32 Å². The van der Waals surface area contributed by atoms with Gasteiger partial charge in [0.05, 0.1) is 0 Å². The number of hydrogen-bond donors (Lipinski definition) is 1. The summed E-state index contributed by atoms with van der Waals surface area (Å²) in [5, 5.41) is 3.47. The molecule has 3 heteroatoms. The van der Waals surface area contributed by atoms with E-state index in [-0.39, 0.29) is 6.04 Å². The Morgan fingerprint density at radius 1 is 1.22 bits per heavy atom. The summed E-state index contributed by atoms with van der Waals surface area (Å²) in [7, 11) is 0. The van der Waals surface area contributed by atoms with E-state index in [1.54, 1.807) is 0 Å². The smallest absolute Gasteiger partial charge is 0.126 e. The average molecular weight is 253 g/mol. The van der Waals surface area contributed by atoms with Gasteiger partial charge in [-0.3, -0.25) is 0 Å². The van der Waals surface area contributed by atoms with Crippen LogP contribution >= 0.6 is 0 Å². The molecule has 100 valence electrons. The van der Waals surface area contributed by atoms with Crippen molar-refractivity contribution < 1.29 is 8.78 Å². The lowest BCUT2D eigenvalue weighted by Crippen LogP contribution is -2.30. The van der Waals surface area contributed by atoms with Gasteiger partial charge in [0.2, 0.25) is 0 Å². The highest BCUT2D eigenvalue weighted by Crippen LogP contribution is 2.37. The number of benzene rings is 1. The van der Waals surface area contributed by atoms with Crippen LogP contribution in [0, 0.1) is 17.0 Å².